The molecular weight excluding hydrogens is 344 g/mol. The highest BCUT2D eigenvalue weighted by Gasteiger charge is 2.12. The van der Waals surface area contributed by atoms with Crippen LogP contribution in [0.3, 0.4) is 0 Å². The summed E-state index contributed by atoms with van der Waals surface area (Å²) >= 11 is 1.70. The normalized spacial score (nSPS) is 11.5. The largest absolute Gasteiger partial charge is 0.380 e. The average Bonchev–Trinajstić information content (AvgIpc) is 2.56. The topological polar surface area (TPSA) is 64.3 Å². The Morgan fingerprint density at radius 3 is 2.50 bits per heavy atom. The number of benzene rings is 2. The maximum atomic E-state index is 12.0. The summed E-state index contributed by atoms with van der Waals surface area (Å²) in [6, 6.07) is 16.2. The SMILES string of the molecule is COC(CN)CC(=O)Nc1ccc(Sc2ccccc2)cc1C.Cl. The predicted molar refractivity (Wildman–Crippen MR) is 102 cm³/mol. The van der Waals surface area contributed by atoms with Crippen LogP contribution in [0.1, 0.15) is 12.0 Å². The number of halogens is 1. The molecule has 24 heavy (non-hydrogen) atoms. The van der Waals surface area contributed by atoms with Crippen LogP contribution in [-0.4, -0.2) is 25.7 Å². The van der Waals surface area contributed by atoms with Crippen molar-refractivity contribution in [3.63, 3.8) is 0 Å². The number of ether oxygens (including phenoxy) is 1. The van der Waals surface area contributed by atoms with E-state index in [9.17, 15) is 4.79 Å². The van der Waals surface area contributed by atoms with E-state index in [1.54, 1.807) is 18.9 Å². The third-order valence-corrected chi connectivity index (χ3v) is 4.46. The Bertz CT molecular complexity index is 649. The van der Waals surface area contributed by atoms with Gasteiger partial charge >= 0.3 is 0 Å². The molecule has 0 aromatic heterocycles. The highest BCUT2D eigenvalue weighted by Crippen LogP contribution is 2.30. The van der Waals surface area contributed by atoms with Gasteiger partial charge in [-0.1, -0.05) is 30.0 Å². The van der Waals surface area contributed by atoms with Crippen molar-refractivity contribution in [3.8, 4) is 0 Å². The molecule has 0 aliphatic carbocycles. The van der Waals surface area contributed by atoms with E-state index in [-0.39, 0.29) is 30.8 Å². The van der Waals surface area contributed by atoms with E-state index < -0.39 is 0 Å². The number of nitrogens with two attached hydrogens (primary N) is 1. The highest BCUT2D eigenvalue weighted by molar-refractivity contribution is 7.99. The Kier molecular flexibility index (Phi) is 8.85. The predicted octanol–water partition coefficient (Wildman–Crippen LogP) is 3.87. The first-order valence-electron chi connectivity index (χ1n) is 7.48. The minimum absolute atomic E-state index is 0. The number of hydrogen-bond donors (Lipinski definition) is 2. The van der Waals surface area contributed by atoms with E-state index in [4.69, 9.17) is 10.5 Å². The lowest BCUT2D eigenvalue weighted by atomic mass is 10.2. The zero-order valence-electron chi connectivity index (χ0n) is 13.8. The van der Waals surface area contributed by atoms with Crippen LogP contribution < -0.4 is 11.1 Å². The van der Waals surface area contributed by atoms with Crippen LogP contribution in [0, 0.1) is 6.92 Å². The smallest absolute Gasteiger partial charge is 0.227 e. The molecule has 2 aromatic carbocycles. The molecule has 1 unspecified atom stereocenters. The first-order chi connectivity index (χ1) is 11.1. The molecule has 0 heterocycles. The van der Waals surface area contributed by atoms with E-state index in [0.717, 1.165) is 16.1 Å². The molecule has 3 N–H and O–H groups in total. The van der Waals surface area contributed by atoms with Crippen LogP contribution in [0.15, 0.2) is 58.3 Å². The Hall–Kier alpha value is -1.53. The van der Waals surface area contributed by atoms with Crippen molar-refractivity contribution in [1.82, 2.24) is 0 Å². The molecule has 6 heteroatoms. The van der Waals surface area contributed by atoms with Gasteiger partial charge in [0.1, 0.15) is 0 Å². The summed E-state index contributed by atoms with van der Waals surface area (Å²) in [7, 11) is 1.56. The Morgan fingerprint density at radius 1 is 1.21 bits per heavy atom. The molecule has 4 nitrogen and oxygen atoms in total. The molecule has 0 saturated carbocycles. The number of amides is 1. The first-order valence-corrected chi connectivity index (χ1v) is 8.30. The van der Waals surface area contributed by atoms with Gasteiger partial charge in [-0.15, -0.1) is 12.4 Å². The fraction of sp³-hybridized carbons (Fsp3) is 0.278. The molecule has 0 radical (unpaired) electrons. The van der Waals surface area contributed by atoms with Crippen molar-refractivity contribution >= 4 is 35.8 Å². The van der Waals surface area contributed by atoms with Gasteiger partial charge in [0.25, 0.3) is 0 Å². The molecule has 0 fully saturated rings. The Morgan fingerprint density at radius 2 is 1.92 bits per heavy atom. The fourth-order valence-corrected chi connectivity index (χ4v) is 3.07. The molecule has 1 atom stereocenters. The summed E-state index contributed by atoms with van der Waals surface area (Å²) in [5.74, 6) is -0.0890. The molecule has 2 rings (SSSR count). The minimum Gasteiger partial charge on any atom is -0.380 e. The zero-order chi connectivity index (χ0) is 16.7. The summed E-state index contributed by atoms with van der Waals surface area (Å²) in [4.78, 5) is 14.3. The van der Waals surface area contributed by atoms with Crippen LogP contribution in [0.4, 0.5) is 5.69 Å². The fourth-order valence-electron chi connectivity index (χ4n) is 2.14. The molecule has 130 valence electrons. The second-order valence-electron chi connectivity index (χ2n) is 5.24. The van der Waals surface area contributed by atoms with Gasteiger partial charge in [-0.2, -0.15) is 0 Å². The lowest BCUT2D eigenvalue weighted by Crippen LogP contribution is -2.28. The van der Waals surface area contributed by atoms with E-state index in [2.05, 4.69) is 23.5 Å². The van der Waals surface area contributed by atoms with Gasteiger partial charge < -0.3 is 15.8 Å². The van der Waals surface area contributed by atoms with Crippen molar-refractivity contribution in [2.45, 2.75) is 29.2 Å². The zero-order valence-corrected chi connectivity index (χ0v) is 15.5. The summed E-state index contributed by atoms with van der Waals surface area (Å²) in [5.41, 5.74) is 7.39. The quantitative estimate of drug-likeness (QED) is 0.780. The molecule has 0 bridgehead atoms. The standard InChI is InChI=1S/C18H22N2O2S.ClH/c1-13-10-16(23-15-6-4-3-5-7-15)8-9-17(13)20-18(21)11-14(12-19)22-2;/h3-10,14H,11-12,19H2,1-2H3,(H,20,21);1H. The monoisotopic (exact) mass is 366 g/mol. The van der Waals surface area contributed by atoms with E-state index >= 15 is 0 Å². The van der Waals surface area contributed by atoms with Crippen molar-refractivity contribution in [2.75, 3.05) is 19.0 Å². The molecule has 0 aliphatic rings. The first kappa shape index (κ1) is 20.5. The van der Waals surface area contributed by atoms with Gasteiger partial charge in [-0.05, 0) is 42.8 Å². The Balaban J connectivity index is 0.00000288. The second-order valence-corrected chi connectivity index (χ2v) is 6.38. The van der Waals surface area contributed by atoms with E-state index in [0.29, 0.717) is 6.54 Å². The van der Waals surface area contributed by atoms with Crippen LogP contribution >= 0.6 is 24.2 Å². The second kappa shape index (κ2) is 10.4. The summed E-state index contributed by atoms with van der Waals surface area (Å²) in [5, 5.41) is 2.92. The summed E-state index contributed by atoms with van der Waals surface area (Å²) in [6.45, 7) is 2.32. The molecule has 1 amide bonds. The van der Waals surface area contributed by atoms with Crippen molar-refractivity contribution < 1.29 is 9.53 Å². The van der Waals surface area contributed by atoms with Crippen LogP contribution in [0.5, 0.6) is 0 Å². The van der Waals surface area contributed by atoms with Gasteiger partial charge in [0.05, 0.1) is 12.5 Å². The van der Waals surface area contributed by atoms with Crippen LogP contribution in [0.25, 0.3) is 0 Å². The van der Waals surface area contributed by atoms with Gasteiger partial charge in [0.15, 0.2) is 0 Å². The van der Waals surface area contributed by atoms with Crippen molar-refractivity contribution in [1.29, 1.82) is 0 Å². The molecule has 0 spiro atoms. The molecule has 0 saturated heterocycles. The number of aryl methyl sites for hydroxylation is 1. The lowest BCUT2D eigenvalue weighted by Gasteiger charge is -2.14. The maximum Gasteiger partial charge on any atom is 0.227 e. The lowest BCUT2D eigenvalue weighted by molar-refractivity contribution is -0.118. The number of anilines is 1. The van der Waals surface area contributed by atoms with Gasteiger partial charge in [0, 0.05) is 29.1 Å². The minimum atomic E-state index is -0.247. The average molecular weight is 367 g/mol. The summed E-state index contributed by atoms with van der Waals surface area (Å²) < 4.78 is 5.13. The van der Waals surface area contributed by atoms with Crippen molar-refractivity contribution in [3.05, 3.63) is 54.1 Å². The third kappa shape index (κ3) is 6.17. The Labute approximate surface area is 153 Å². The number of nitrogens with one attached hydrogen (secondary N) is 1. The van der Waals surface area contributed by atoms with E-state index in [1.807, 2.05) is 37.3 Å². The number of rotatable bonds is 7. The molecule has 0 aliphatic heterocycles. The number of carbonyl (C=O) groups excluding carboxylic acids is 1. The number of carbonyl (C=O) groups is 1. The molecule has 2 aromatic rings. The van der Waals surface area contributed by atoms with Gasteiger partial charge in [0.2, 0.25) is 5.91 Å². The number of hydrogen-bond acceptors (Lipinski definition) is 4. The van der Waals surface area contributed by atoms with Crippen LogP contribution in [-0.2, 0) is 9.53 Å². The van der Waals surface area contributed by atoms with Crippen LogP contribution in [0.2, 0.25) is 0 Å². The number of methoxy groups -OCH3 is 1. The maximum absolute atomic E-state index is 12.0. The summed E-state index contributed by atoms with van der Waals surface area (Å²) in [6.07, 6.45) is 0.00988. The molecular formula is C18H23ClN2O2S. The van der Waals surface area contributed by atoms with Gasteiger partial charge in [-0.25, -0.2) is 0 Å². The van der Waals surface area contributed by atoms with E-state index in [1.165, 1.54) is 4.90 Å². The third-order valence-electron chi connectivity index (χ3n) is 3.46. The van der Waals surface area contributed by atoms with Gasteiger partial charge in [-0.3, -0.25) is 4.79 Å². The van der Waals surface area contributed by atoms with Crippen molar-refractivity contribution in [2.24, 2.45) is 5.73 Å². The highest BCUT2D eigenvalue weighted by atomic mass is 35.5.